The van der Waals surface area contributed by atoms with Gasteiger partial charge < -0.3 is 19.1 Å². The van der Waals surface area contributed by atoms with Crippen molar-refractivity contribution < 1.29 is 19.1 Å². The van der Waals surface area contributed by atoms with Crippen LogP contribution >= 0.6 is 0 Å². The van der Waals surface area contributed by atoms with Gasteiger partial charge in [0.25, 0.3) is 0 Å². The van der Waals surface area contributed by atoms with Gasteiger partial charge >= 0.3 is 0 Å². The van der Waals surface area contributed by atoms with E-state index < -0.39 is 0 Å². The first-order valence-corrected chi connectivity index (χ1v) is 8.55. The number of ether oxygens (including phenoxy) is 3. The van der Waals surface area contributed by atoms with Crippen LogP contribution in [0.25, 0.3) is 0 Å². The highest BCUT2D eigenvalue weighted by Crippen LogP contribution is 2.18. The maximum absolute atomic E-state index is 5.67. The fourth-order valence-corrected chi connectivity index (χ4v) is 2.73. The molecule has 4 nitrogen and oxygen atoms in total. The van der Waals surface area contributed by atoms with Crippen LogP contribution in [0.1, 0.15) is 33.1 Å². The molecule has 0 aliphatic carbocycles. The molecule has 1 aliphatic rings. The topological polar surface area (TPSA) is 32.1 Å². The normalized spacial score (nSPS) is 16.0. The summed E-state index contributed by atoms with van der Waals surface area (Å²) in [6.07, 6.45) is 4.34. The number of likely N-dealkylation sites (tertiary alicyclic amines) is 1. The minimum absolute atomic E-state index is 0.196. The third kappa shape index (κ3) is 6.67. The van der Waals surface area contributed by atoms with E-state index in [1.54, 1.807) is 4.90 Å². The molecule has 22 heavy (non-hydrogen) atoms. The number of hydrogen-bond donors (Lipinski definition) is 1. The second-order valence-electron chi connectivity index (χ2n) is 6.16. The number of quaternary nitrogens is 1. The molecule has 0 unspecified atom stereocenters. The van der Waals surface area contributed by atoms with Gasteiger partial charge in [-0.2, -0.15) is 0 Å². The van der Waals surface area contributed by atoms with Crippen LogP contribution in [0.15, 0.2) is 24.3 Å². The van der Waals surface area contributed by atoms with E-state index in [1.807, 2.05) is 38.1 Å². The summed E-state index contributed by atoms with van der Waals surface area (Å²) in [5.74, 6) is 1.74. The molecule has 0 spiro atoms. The van der Waals surface area contributed by atoms with Crippen LogP contribution in [0, 0.1) is 0 Å². The van der Waals surface area contributed by atoms with E-state index in [9.17, 15) is 0 Å². The lowest BCUT2D eigenvalue weighted by Gasteiger charge is -2.23. The summed E-state index contributed by atoms with van der Waals surface area (Å²) >= 11 is 0. The molecule has 0 atom stereocenters. The minimum Gasteiger partial charge on any atom is -0.491 e. The molecule has 4 heteroatoms. The summed E-state index contributed by atoms with van der Waals surface area (Å²) in [5.41, 5.74) is 0. The first kappa shape index (κ1) is 17.1. The van der Waals surface area contributed by atoms with Gasteiger partial charge in [0.2, 0.25) is 0 Å². The van der Waals surface area contributed by atoms with Crippen LogP contribution in [-0.2, 0) is 4.74 Å². The Kier molecular flexibility index (Phi) is 7.54. The lowest BCUT2D eigenvalue weighted by Crippen LogP contribution is -3.13. The fraction of sp³-hybridized carbons (Fsp3) is 0.667. The number of hydrogen-bond acceptors (Lipinski definition) is 3. The molecule has 0 amide bonds. The number of piperidine rings is 1. The van der Waals surface area contributed by atoms with Gasteiger partial charge in [-0.15, -0.1) is 0 Å². The van der Waals surface area contributed by atoms with Crippen molar-refractivity contribution >= 4 is 0 Å². The second kappa shape index (κ2) is 9.70. The van der Waals surface area contributed by atoms with Crippen molar-refractivity contribution in [2.24, 2.45) is 0 Å². The van der Waals surface area contributed by atoms with Crippen molar-refractivity contribution in [1.29, 1.82) is 0 Å². The van der Waals surface area contributed by atoms with Gasteiger partial charge in [0, 0.05) is 0 Å². The Bertz CT molecular complexity index is 399. The summed E-state index contributed by atoms with van der Waals surface area (Å²) < 4.78 is 16.9. The molecule has 0 bridgehead atoms. The van der Waals surface area contributed by atoms with Gasteiger partial charge in [-0.25, -0.2) is 0 Å². The summed E-state index contributed by atoms with van der Waals surface area (Å²) in [5, 5.41) is 0. The van der Waals surface area contributed by atoms with Gasteiger partial charge in [0.05, 0.1) is 32.4 Å². The average Bonchev–Trinajstić information content (AvgIpc) is 2.53. The first-order chi connectivity index (χ1) is 10.7. The van der Waals surface area contributed by atoms with E-state index in [0.717, 1.165) is 24.7 Å². The third-order valence-corrected chi connectivity index (χ3v) is 3.85. The summed E-state index contributed by atoms with van der Waals surface area (Å²) in [7, 11) is 0. The number of nitrogens with one attached hydrogen (secondary N) is 1. The Hall–Kier alpha value is -1.26. The van der Waals surface area contributed by atoms with E-state index in [1.165, 1.54) is 32.4 Å². The molecule has 1 heterocycles. The van der Waals surface area contributed by atoms with Crippen LogP contribution in [0.3, 0.4) is 0 Å². The van der Waals surface area contributed by atoms with Crippen LogP contribution in [0.5, 0.6) is 11.5 Å². The van der Waals surface area contributed by atoms with Gasteiger partial charge in [-0.05, 0) is 57.4 Å². The molecule has 2 rings (SSSR count). The smallest absolute Gasteiger partial charge is 0.119 e. The van der Waals surface area contributed by atoms with Crippen molar-refractivity contribution in [2.45, 2.75) is 39.2 Å². The largest absolute Gasteiger partial charge is 0.491 e. The Balaban J connectivity index is 1.52. The zero-order valence-corrected chi connectivity index (χ0v) is 14.0. The molecular formula is C18H30NO3+. The van der Waals surface area contributed by atoms with Gasteiger partial charge in [-0.3, -0.25) is 0 Å². The lowest BCUT2D eigenvalue weighted by atomic mass is 10.1. The summed E-state index contributed by atoms with van der Waals surface area (Å²) in [6, 6.07) is 7.76. The lowest BCUT2D eigenvalue weighted by molar-refractivity contribution is -0.905. The number of rotatable bonds is 9. The van der Waals surface area contributed by atoms with Crippen LogP contribution in [-0.4, -0.2) is 45.6 Å². The highest BCUT2D eigenvalue weighted by molar-refractivity contribution is 5.31. The van der Waals surface area contributed by atoms with Crippen LogP contribution in [0.4, 0.5) is 0 Å². The predicted octanol–water partition coefficient (Wildman–Crippen LogP) is 1.94. The molecule has 1 saturated heterocycles. The molecule has 0 aromatic heterocycles. The van der Waals surface area contributed by atoms with E-state index >= 15 is 0 Å². The van der Waals surface area contributed by atoms with Crippen LogP contribution in [0.2, 0.25) is 0 Å². The molecular weight excluding hydrogens is 278 g/mol. The minimum atomic E-state index is 0.196. The van der Waals surface area contributed by atoms with Gasteiger partial charge in [0.1, 0.15) is 24.7 Å². The predicted molar refractivity (Wildman–Crippen MR) is 87.9 cm³/mol. The van der Waals surface area contributed by atoms with Crippen molar-refractivity contribution in [2.75, 3.05) is 39.5 Å². The van der Waals surface area contributed by atoms with E-state index in [0.29, 0.717) is 13.2 Å². The third-order valence-electron chi connectivity index (χ3n) is 3.85. The van der Waals surface area contributed by atoms with E-state index in [2.05, 4.69) is 0 Å². The van der Waals surface area contributed by atoms with Crippen molar-refractivity contribution in [3.63, 3.8) is 0 Å². The Morgan fingerprint density at radius 2 is 1.59 bits per heavy atom. The monoisotopic (exact) mass is 308 g/mol. The molecule has 0 radical (unpaired) electrons. The Morgan fingerprint density at radius 3 is 2.27 bits per heavy atom. The number of benzene rings is 1. The highest BCUT2D eigenvalue weighted by atomic mass is 16.5. The zero-order chi connectivity index (χ0) is 15.6. The molecule has 1 N–H and O–H groups in total. The highest BCUT2D eigenvalue weighted by Gasteiger charge is 2.12. The molecule has 1 fully saturated rings. The SMILES string of the molecule is CC(C)Oc1ccc(OCCOCC[NH+]2CCCCC2)cc1. The zero-order valence-electron chi connectivity index (χ0n) is 14.0. The fourth-order valence-electron chi connectivity index (χ4n) is 2.73. The standard InChI is InChI=1S/C18H29NO3/c1-16(2)22-18-8-6-17(7-9-18)21-15-14-20-13-12-19-10-4-3-5-11-19/h6-9,16H,3-5,10-15H2,1-2H3/p+1. The molecule has 1 aliphatic heterocycles. The molecule has 124 valence electrons. The maximum Gasteiger partial charge on any atom is 0.119 e. The van der Waals surface area contributed by atoms with Crippen molar-refractivity contribution in [3.05, 3.63) is 24.3 Å². The van der Waals surface area contributed by atoms with Crippen LogP contribution < -0.4 is 14.4 Å². The molecule has 1 aromatic rings. The Labute approximate surface area is 134 Å². The van der Waals surface area contributed by atoms with Crippen molar-refractivity contribution in [1.82, 2.24) is 0 Å². The average molecular weight is 308 g/mol. The quantitative estimate of drug-likeness (QED) is 0.708. The summed E-state index contributed by atoms with van der Waals surface area (Å²) in [4.78, 5) is 1.69. The first-order valence-electron chi connectivity index (χ1n) is 8.55. The summed E-state index contributed by atoms with van der Waals surface area (Å²) in [6.45, 7) is 9.87. The molecule has 0 saturated carbocycles. The Morgan fingerprint density at radius 1 is 0.909 bits per heavy atom. The van der Waals surface area contributed by atoms with E-state index in [-0.39, 0.29) is 6.10 Å². The second-order valence-corrected chi connectivity index (χ2v) is 6.16. The van der Waals surface area contributed by atoms with Gasteiger partial charge in [-0.1, -0.05) is 0 Å². The van der Waals surface area contributed by atoms with Gasteiger partial charge in [0.15, 0.2) is 0 Å². The maximum atomic E-state index is 5.67. The van der Waals surface area contributed by atoms with Crippen molar-refractivity contribution in [3.8, 4) is 11.5 Å². The van der Waals surface area contributed by atoms with E-state index in [4.69, 9.17) is 14.2 Å². The molecule has 1 aromatic carbocycles.